The summed E-state index contributed by atoms with van der Waals surface area (Å²) in [5.74, 6) is 0. The molecule has 1 aromatic heterocycles. The minimum Gasteiger partial charge on any atom is -0.331 e. The molecule has 4 nitrogen and oxygen atoms in total. The van der Waals surface area contributed by atoms with Crippen LogP contribution in [0.4, 0.5) is 0 Å². The first-order valence-corrected chi connectivity index (χ1v) is 5.32. The first kappa shape index (κ1) is 10.2. The Hall–Kier alpha value is -1.36. The zero-order valence-corrected chi connectivity index (χ0v) is 10.1. The van der Waals surface area contributed by atoms with E-state index < -0.39 is 0 Å². The van der Waals surface area contributed by atoms with Gasteiger partial charge in [0.05, 0.1) is 5.10 Å². The lowest BCUT2D eigenvalue weighted by Crippen LogP contribution is -2.42. The van der Waals surface area contributed by atoms with E-state index in [-0.39, 0.29) is 0 Å². The van der Waals surface area contributed by atoms with Crippen molar-refractivity contribution in [2.24, 2.45) is 0 Å². The number of hydrogen-bond donors (Lipinski definition) is 1. The second-order valence-electron chi connectivity index (χ2n) is 3.33. The second-order valence-corrected chi connectivity index (χ2v) is 4.24. The van der Waals surface area contributed by atoms with Crippen molar-refractivity contribution >= 4 is 15.9 Å². The maximum absolute atomic E-state index is 9.75. The summed E-state index contributed by atoms with van der Waals surface area (Å²) in [6, 6.07) is 7.56. The van der Waals surface area contributed by atoms with Crippen LogP contribution in [0.15, 0.2) is 28.7 Å². The Labute approximate surface area is 95.8 Å². The summed E-state index contributed by atoms with van der Waals surface area (Å²) in [7, 11) is 0. The highest BCUT2D eigenvalue weighted by Gasteiger charge is 2.19. The largest absolute Gasteiger partial charge is 0.331 e. The Kier molecular flexibility index (Phi) is 2.48. The van der Waals surface area contributed by atoms with E-state index in [2.05, 4.69) is 21.0 Å². The van der Waals surface area contributed by atoms with Crippen LogP contribution >= 0.6 is 15.9 Å². The third-order valence-electron chi connectivity index (χ3n) is 2.31. The predicted octanol–water partition coefficient (Wildman–Crippen LogP) is 1.78. The molecule has 2 aromatic rings. The van der Waals surface area contributed by atoms with Crippen molar-refractivity contribution < 1.29 is 10.1 Å². The van der Waals surface area contributed by atoms with Gasteiger partial charge in [-0.1, -0.05) is 15.9 Å². The summed E-state index contributed by atoms with van der Waals surface area (Å²) >= 11 is 3.36. The monoisotopic (exact) mass is 268 g/mol. The first-order valence-electron chi connectivity index (χ1n) is 4.53. The molecule has 0 spiro atoms. The molecule has 0 unspecified atom stereocenters. The van der Waals surface area contributed by atoms with Gasteiger partial charge >= 0.3 is 0 Å². The highest BCUT2D eigenvalue weighted by atomic mass is 79.9. The molecule has 1 N–H and O–H groups in total. The van der Waals surface area contributed by atoms with Crippen LogP contribution in [-0.2, 0) is 0 Å². The SMILES string of the molecule is Cc1nn(-c2ccc(Br)cc2)[n+](O)c1C. The molecule has 0 aliphatic carbocycles. The number of hydrogen-bond acceptors (Lipinski definition) is 2. The summed E-state index contributed by atoms with van der Waals surface area (Å²) in [5, 5.41) is 14.0. The molecule has 0 aliphatic rings. The van der Waals surface area contributed by atoms with Crippen LogP contribution in [0.5, 0.6) is 0 Å². The Morgan fingerprint density at radius 3 is 2.33 bits per heavy atom. The van der Waals surface area contributed by atoms with Gasteiger partial charge in [0.15, 0.2) is 0 Å². The van der Waals surface area contributed by atoms with E-state index in [1.54, 1.807) is 0 Å². The third kappa shape index (κ3) is 1.74. The molecule has 0 radical (unpaired) electrons. The quantitative estimate of drug-likeness (QED) is 0.633. The van der Waals surface area contributed by atoms with Gasteiger partial charge in [-0.3, -0.25) is 0 Å². The van der Waals surface area contributed by atoms with Gasteiger partial charge in [0, 0.05) is 28.0 Å². The van der Waals surface area contributed by atoms with Gasteiger partial charge in [-0.15, -0.1) is 0 Å². The summed E-state index contributed by atoms with van der Waals surface area (Å²) in [5.41, 5.74) is 2.36. The summed E-state index contributed by atoms with van der Waals surface area (Å²) in [4.78, 5) is 2.50. The fraction of sp³-hybridized carbons (Fsp3) is 0.200. The van der Waals surface area contributed by atoms with Crippen molar-refractivity contribution in [3.05, 3.63) is 40.1 Å². The Balaban J connectivity index is 2.54. The van der Waals surface area contributed by atoms with Gasteiger partial charge in [0.2, 0.25) is 11.4 Å². The number of benzene rings is 1. The van der Waals surface area contributed by atoms with Crippen LogP contribution < -0.4 is 4.85 Å². The molecule has 0 bridgehead atoms. The van der Waals surface area contributed by atoms with E-state index in [4.69, 9.17) is 0 Å². The molecule has 0 amide bonds. The van der Waals surface area contributed by atoms with E-state index in [1.165, 1.54) is 4.80 Å². The van der Waals surface area contributed by atoms with Gasteiger partial charge in [0.25, 0.3) is 0 Å². The Morgan fingerprint density at radius 2 is 1.87 bits per heavy atom. The normalized spacial score (nSPS) is 10.6. The van der Waals surface area contributed by atoms with E-state index in [1.807, 2.05) is 38.1 Å². The van der Waals surface area contributed by atoms with Crippen LogP contribution in [0.3, 0.4) is 0 Å². The Morgan fingerprint density at radius 1 is 1.27 bits per heavy atom. The topological polar surface area (TPSA) is 41.9 Å². The van der Waals surface area contributed by atoms with Crippen molar-refractivity contribution in [1.82, 2.24) is 9.90 Å². The van der Waals surface area contributed by atoms with Crippen molar-refractivity contribution in [3.8, 4) is 5.69 Å². The minimum absolute atomic E-state index is 0.734. The molecule has 0 atom stereocenters. The molecule has 78 valence electrons. The molecule has 0 fully saturated rings. The summed E-state index contributed by atoms with van der Waals surface area (Å²) in [6.45, 7) is 3.68. The van der Waals surface area contributed by atoms with E-state index in [9.17, 15) is 5.21 Å². The molecule has 0 saturated heterocycles. The molecule has 0 aliphatic heterocycles. The van der Waals surface area contributed by atoms with Crippen molar-refractivity contribution in [1.29, 1.82) is 0 Å². The first-order chi connectivity index (χ1) is 7.09. The average Bonchev–Trinajstić information content (AvgIpc) is 2.47. The fourth-order valence-electron chi connectivity index (χ4n) is 1.29. The molecule has 0 saturated carbocycles. The van der Waals surface area contributed by atoms with Gasteiger partial charge in [-0.25, -0.2) is 0 Å². The number of nitrogens with zero attached hydrogens (tertiary/aromatic N) is 3. The van der Waals surface area contributed by atoms with Crippen LogP contribution in [0.2, 0.25) is 0 Å². The summed E-state index contributed by atoms with van der Waals surface area (Å²) in [6.07, 6.45) is 0. The maximum Gasteiger partial charge on any atom is 0.223 e. The average molecular weight is 269 g/mol. The lowest BCUT2D eigenvalue weighted by Gasteiger charge is -1.96. The number of aromatic nitrogens is 3. The van der Waals surface area contributed by atoms with Crippen LogP contribution in [0, 0.1) is 13.8 Å². The summed E-state index contributed by atoms with van der Waals surface area (Å²) < 4.78 is 0.997. The lowest BCUT2D eigenvalue weighted by molar-refractivity contribution is -0.964. The standard InChI is InChI=1S/C10H11BrN3O/c1-7-8(2)14(15)13(12-7)10-5-3-9(11)4-6-10/h3-6,15H,1-2H3/q+1. The van der Waals surface area contributed by atoms with Crippen molar-refractivity contribution in [3.63, 3.8) is 0 Å². The maximum atomic E-state index is 9.75. The second kappa shape index (κ2) is 3.66. The van der Waals surface area contributed by atoms with Crippen LogP contribution in [0.1, 0.15) is 11.4 Å². The predicted molar refractivity (Wildman–Crippen MR) is 58.1 cm³/mol. The molecule has 2 rings (SSSR count). The van der Waals surface area contributed by atoms with E-state index >= 15 is 0 Å². The van der Waals surface area contributed by atoms with Gasteiger partial charge in [0.1, 0.15) is 5.69 Å². The highest BCUT2D eigenvalue weighted by molar-refractivity contribution is 9.10. The van der Waals surface area contributed by atoms with Crippen LogP contribution in [-0.4, -0.2) is 15.1 Å². The molecular weight excluding hydrogens is 258 g/mol. The number of rotatable bonds is 1. The van der Waals surface area contributed by atoms with Gasteiger partial charge in [-0.2, -0.15) is 0 Å². The van der Waals surface area contributed by atoms with Gasteiger partial charge < -0.3 is 5.21 Å². The van der Waals surface area contributed by atoms with Crippen molar-refractivity contribution in [2.45, 2.75) is 13.8 Å². The van der Waals surface area contributed by atoms with E-state index in [0.717, 1.165) is 26.4 Å². The third-order valence-corrected chi connectivity index (χ3v) is 2.83. The van der Waals surface area contributed by atoms with Crippen LogP contribution in [0.25, 0.3) is 5.69 Å². The minimum atomic E-state index is 0.734. The molecule has 1 aromatic carbocycles. The van der Waals surface area contributed by atoms with Crippen molar-refractivity contribution in [2.75, 3.05) is 0 Å². The van der Waals surface area contributed by atoms with Gasteiger partial charge in [-0.05, 0) is 24.3 Å². The number of halogens is 1. The molecular formula is C10H11BrN3O+. The highest BCUT2D eigenvalue weighted by Crippen LogP contribution is 2.12. The zero-order valence-electron chi connectivity index (χ0n) is 8.48. The molecule has 15 heavy (non-hydrogen) atoms. The lowest BCUT2D eigenvalue weighted by atomic mass is 10.3. The smallest absolute Gasteiger partial charge is 0.223 e. The number of aryl methyl sites for hydroxylation is 1. The Bertz CT molecular complexity index is 490. The molecule has 5 heteroatoms. The molecule has 1 heterocycles. The zero-order chi connectivity index (χ0) is 11.0. The van der Waals surface area contributed by atoms with E-state index in [0.29, 0.717) is 0 Å². The fourth-order valence-corrected chi connectivity index (χ4v) is 1.55.